The summed E-state index contributed by atoms with van der Waals surface area (Å²) in [5.74, 6) is 1.68. The molecule has 0 amide bonds. The average Bonchev–Trinajstić information content (AvgIpc) is 2.94. The quantitative estimate of drug-likeness (QED) is 0.830. The van der Waals surface area contributed by atoms with E-state index in [1.165, 1.54) is 11.3 Å². The van der Waals surface area contributed by atoms with E-state index in [4.69, 9.17) is 0 Å². The second-order valence-corrected chi connectivity index (χ2v) is 7.68. The summed E-state index contributed by atoms with van der Waals surface area (Å²) in [6.45, 7) is 11.4. The fraction of sp³-hybridized carbons (Fsp3) is 0.524. The van der Waals surface area contributed by atoms with Crippen LogP contribution in [-0.4, -0.2) is 40.6 Å². The Morgan fingerprint density at radius 3 is 2.50 bits per heavy atom. The van der Waals surface area contributed by atoms with E-state index >= 15 is 0 Å². The predicted molar refractivity (Wildman–Crippen MR) is 105 cm³/mol. The molecule has 3 rings (SSSR count). The number of imidazole rings is 1. The fourth-order valence-electron chi connectivity index (χ4n) is 3.60. The van der Waals surface area contributed by atoms with E-state index in [2.05, 4.69) is 58.4 Å². The zero-order chi connectivity index (χ0) is 18.7. The van der Waals surface area contributed by atoms with Crippen molar-refractivity contribution in [2.45, 2.75) is 33.7 Å². The molecule has 2 heterocycles. The summed E-state index contributed by atoms with van der Waals surface area (Å²) in [5, 5.41) is 9.50. The van der Waals surface area contributed by atoms with E-state index in [1.54, 1.807) is 0 Å². The number of aromatic nitrogens is 2. The van der Waals surface area contributed by atoms with Crippen LogP contribution in [0.15, 0.2) is 24.4 Å². The van der Waals surface area contributed by atoms with Crippen LogP contribution in [0, 0.1) is 24.2 Å². The molecule has 0 unspecified atom stereocenters. The van der Waals surface area contributed by atoms with Crippen molar-refractivity contribution in [3.8, 4) is 6.07 Å². The Balaban J connectivity index is 1.67. The van der Waals surface area contributed by atoms with Crippen LogP contribution in [-0.2, 0) is 20.0 Å². The molecule has 1 fully saturated rings. The van der Waals surface area contributed by atoms with Gasteiger partial charge in [0.2, 0.25) is 0 Å². The van der Waals surface area contributed by atoms with Gasteiger partial charge in [0, 0.05) is 46.0 Å². The number of benzene rings is 1. The van der Waals surface area contributed by atoms with Crippen molar-refractivity contribution in [1.82, 2.24) is 14.5 Å². The normalized spacial score (nSPS) is 15.5. The molecule has 1 aliphatic heterocycles. The number of rotatable bonds is 5. The van der Waals surface area contributed by atoms with Gasteiger partial charge < -0.3 is 9.47 Å². The van der Waals surface area contributed by atoms with Gasteiger partial charge >= 0.3 is 0 Å². The van der Waals surface area contributed by atoms with Crippen molar-refractivity contribution in [3.63, 3.8) is 0 Å². The molecule has 1 aromatic heterocycles. The van der Waals surface area contributed by atoms with Gasteiger partial charge in [0.15, 0.2) is 0 Å². The van der Waals surface area contributed by atoms with Crippen molar-refractivity contribution < 1.29 is 0 Å². The third-order valence-electron chi connectivity index (χ3n) is 5.24. The number of hydrogen-bond acceptors (Lipinski definition) is 4. The lowest BCUT2D eigenvalue weighted by atomic mass is 10.00. The van der Waals surface area contributed by atoms with Gasteiger partial charge in [-0.25, -0.2) is 4.98 Å². The summed E-state index contributed by atoms with van der Waals surface area (Å²) in [6, 6.07) is 8.67. The lowest BCUT2D eigenvalue weighted by Crippen LogP contribution is -2.46. The molecule has 0 saturated carbocycles. The molecular weight excluding hydrogens is 322 g/mol. The monoisotopic (exact) mass is 351 g/mol. The number of nitriles is 1. The number of nitrogens with zero attached hydrogens (tertiary/aromatic N) is 5. The highest BCUT2D eigenvalue weighted by atomic mass is 15.3. The van der Waals surface area contributed by atoms with Crippen LogP contribution in [0.2, 0.25) is 0 Å². The first-order valence-corrected chi connectivity index (χ1v) is 9.45. The van der Waals surface area contributed by atoms with Gasteiger partial charge in [-0.05, 0) is 37.0 Å². The first kappa shape index (κ1) is 18.5. The maximum atomic E-state index is 9.50. The summed E-state index contributed by atoms with van der Waals surface area (Å²) >= 11 is 0. The van der Waals surface area contributed by atoms with Gasteiger partial charge in [-0.15, -0.1) is 0 Å². The largest absolute Gasteiger partial charge is 0.368 e. The fourth-order valence-corrected chi connectivity index (χ4v) is 3.60. The minimum Gasteiger partial charge on any atom is -0.368 e. The van der Waals surface area contributed by atoms with Crippen LogP contribution in [0.4, 0.5) is 5.69 Å². The topological polar surface area (TPSA) is 48.1 Å². The smallest absolute Gasteiger partial charge is 0.105 e. The second kappa shape index (κ2) is 7.92. The van der Waals surface area contributed by atoms with Crippen LogP contribution in [0.3, 0.4) is 0 Å². The minimum atomic E-state index is 0.620. The highest BCUT2D eigenvalue weighted by Gasteiger charge is 2.20. The summed E-state index contributed by atoms with van der Waals surface area (Å²) in [7, 11) is 2.08. The van der Waals surface area contributed by atoms with Crippen LogP contribution < -0.4 is 4.90 Å². The summed E-state index contributed by atoms with van der Waals surface area (Å²) in [5.41, 5.74) is 4.46. The Kier molecular flexibility index (Phi) is 5.63. The molecule has 1 aromatic carbocycles. The zero-order valence-corrected chi connectivity index (χ0v) is 16.4. The molecule has 138 valence electrons. The number of anilines is 1. The third-order valence-corrected chi connectivity index (χ3v) is 5.24. The van der Waals surface area contributed by atoms with Gasteiger partial charge in [0.05, 0.1) is 16.9 Å². The van der Waals surface area contributed by atoms with Gasteiger partial charge in [-0.1, -0.05) is 19.9 Å². The Morgan fingerprint density at radius 2 is 1.92 bits per heavy atom. The highest BCUT2D eigenvalue weighted by molar-refractivity contribution is 5.61. The van der Waals surface area contributed by atoms with Crippen LogP contribution in [0.25, 0.3) is 0 Å². The zero-order valence-electron chi connectivity index (χ0n) is 16.4. The first-order chi connectivity index (χ1) is 12.5. The van der Waals surface area contributed by atoms with Crippen molar-refractivity contribution in [2.24, 2.45) is 13.0 Å². The van der Waals surface area contributed by atoms with Gasteiger partial charge in [-0.3, -0.25) is 4.90 Å². The summed E-state index contributed by atoms with van der Waals surface area (Å²) in [4.78, 5) is 9.23. The molecule has 26 heavy (non-hydrogen) atoms. The molecule has 1 saturated heterocycles. The van der Waals surface area contributed by atoms with E-state index < -0.39 is 0 Å². The molecule has 5 nitrogen and oxygen atoms in total. The summed E-state index contributed by atoms with van der Waals surface area (Å²) < 4.78 is 2.16. The molecular formula is C21H29N5. The molecule has 0 radical (unpaired) electrons. The van der Waals surface area contributed by atoms with Gasteiger partial charge in [0.25, 0.3) is 0 Å². The van der Waals surface area contributed by atoms with Crippen molar-refractivity contribution in [2.75, 3.05) is 31.1 Å². The maximum absolute atomic E-state index is 9.50. The summed E-state index contributed by atoms with van der Waals surface area (Å²) in [6.07, 6.45) is 3.03. The Bertz CT molecular complexity index is 791. The molecule has 0 N–H and O–H groups in total. The highest BCUT2D eigenvalue weighted by Crippen LogP contribution is 2.25. The molecule has 0 atom stereocenters. The van der Waals surface area contributed by atoms with E-state index in [1.807, 2.05) is 19.2 Å². The molecule has 0 aliphatic carbocycles. The standard InChI is InChI=1S/C21H29N5/c1-16(2)11-18-5-6-19(13-22)21(12-18)26-9-7-25(8-10-26)15-20-14-23-17(3)24(20)4/h5-6,12,14,16H,7-11,15H2,1-4H3. The van der Waals surface area contributed by atoms with Crippen molar-refractivity contribution in [1.29, 1.82) is 5.26 Å². The lowest BCUT2D eigenvalue weighted by molar-refractivity contribution is 0.244. The SMILES string of the molecule is Cc1ncc(CN2CCN(c3cc(CC(C)C)ccc3C#N)CC2)n1C. The van der Waals surface area contributed by atoms with Crippen molar-refractivity contribution in [3.05, 3.63) is 47.0 Å². The predicted octanol–water partition coefficient (Wildman–Crippen LogP) is 3.12. The number of hydrogen-bond donors (Lipinski definition) is 0. The first-order valence-electron chi connectivity index (χ1n) is 9.45. The average molecular weight is 351 g/mol. The van der Waals surface area contributed by atoms with Crippen LogP contribution in [0.5, 0.6) is 0 Å². The third kappa shape index (κ3) is 4.08. The molecule has 2 aromatic rings. The van der Waals surface area contributed by atoms with Gasteiger partial charge in [-0.2, -0.15) is 5.26 Å². The van der Waals surface area contributed by atoms with Crippen LogP contribution >= 0.6 is 0 Å². The lowest BCUT2D eigenvalue weighted by Gasteiger charge is -2.36. The Morgan fingerprint density at radius 1 is 1.19 bits per heavy atom. The maximum Gasteiger partial charge on any atom is 0.105 e. The van der Waals surface area contributed by atoms with E-state index in [0.29, 0.717) is 5.92 Å². The second-order valence-electron chi connectivity index (χ2n) is 7.68. The molecule has 0 bridgehead atoms. The van der Waals surface area contributed by atoms with Crippen LogP contribution in [0.1, 0.15) is 36.5 Å². The minimum absolute atomic E-state index is 0.620. The van der Waals surface area contributed by atoms with Gasteiger partial charge in [0.1, 0.15) is 11.9 Å². The van der Waals surface area contributed by atoms with Crippen molar-refractivity contribution >= 4 is 5.69 Å². The van der Waals surface area contributed by atoms with E-state index in [-0.39, 0.29) is 0 Å². The Hall–Kier alpha value is -2.32. The number of piperazine rings is 1. The molecule has 5 heteroatoms. The Labute approximate surface area is 156 Å². The van der Waals surface area contributed by atoms with E-state index in [9.17, 15) is 5.26 Å². The molecule has 0 spiro atoms. The van der Waals surface area contributed by atoms with E-state index in [0.717, 1.165) is 56.2 Å². The number of aryl methyl sites for hydroxylation is 1. The molecule has 1 aliphatic rings.